The summed E-state index contributed by atoms with van der Waals surface area (Å²) >= 11 is 0. The van der Waals surface area contributed by atoms with E-state index in [2.05, 4.69) is 11.4 Å². The van der Waals surface area contributed by atoms with E-state index in [9.17, 15) is 13.2 Å². The van der Waals surface area contributed by atoms with Gasteiger partial charge in [-0.05, 0) is 56.4 Å². The van der Waals surface area contributed by atoms with Crippen molar-refractivity contribution in [3.8, 4) is 0 Å². The number of amides is 1. The predicted octanol–water partition coefficient (Wildman–Crippen LogP) is 3.15. The van der Waals surface area contributed by atoms with E-state index < -0.39 is 9.05 Å². The molecule has 4 nitrogen and oxygen atoms in total. The molecule has 1 aliphatic carbocycles. The number of carbonyl (C=O) groups excluding carboxylic acids is 1. The van der Waals surface area contributed by atoms with Gasteiger partial charge in [0.25, 0.3) is 15.0 Å². The van der Waals surface area contributed by atoms with Gasteiger partial charge in [0, 0.05) is 22.8 Å². The van der Waals surface area contributed by atoms with Crippen LogP contribution in [0.4, 0.5) is 0 Å². The van der Waals surface area contributed by atoms with E-state index in [1.807, 2.05) is 0 Å². The number of hydrogen-bond donors (Lipinski definition) is 1. The van der Waals surface area contributed by atoms with Gasteiger partial charge in [0.1, 0.15) is 0 Å². The maximum absolute atomic E-state index is 12.1. The van der Waals surface area contributed by atoms with E-state index in [0.29, 0.717) is 17.7 Å². The highest BCUT2D eigenvalue weighted by molar-refractivity contribution is 8.13. The summed E-state index contributed by atoms with van der Waals surface area (Å²) in [6, 6.07) is 4.40. The van der Waals surface area contributed by atoms with Crippen molar-refractivity contribution in [2.45, 2.75) is 37.5 Å². The van der Waals surface area contributed by atoms with Crippen molar-refractivity contribution < 1.29 is 13.2 Å². The second-order valence-electron chi connectivity index (χ2n) is 5.23. The minimum Gasteiger partial charge on any atom is -0.352 e. The highest BCUT2D eigenvalue weighted by Gasteiger charge is 2.15. The smallest absolute Gasteiger partial charge is 0.261 e. The molecule has 0 bridgehead atoms. The first-order valence-electron chi connectivity index (χ1n) is 6.89. The molecule has 1 aromatic rings. The average molecular weight is 328 g/mol. The van der Waals surface area contributed by atoms with Crippen molar-refractivity contribution in [2.75, 3.05) is 6.54 Å². The molecule has 0 aromatic heterocycles. The zero-order valence-corrected chi connectivity index (χ0v) is 13.4. The Bertz CT molecular complexity index is 680. The number of rotatable bonds is 5. The lowest BCUT2D eigenvalue weighted by molar-refractivity contribution is 0.0954. The molecule has 1 aromatic carbocycles. The summed E-state index contributed by atoms with van der Waals surface area (Å²) in [7, 11) is 1.50. The number of halogens is 1. The first-order chi connectivity index (χ1) is 9.86. The van der Waals surface area contributed by atoms with Crippen LogP contribution < -0.4 is 5.32 Å². The molecular weight excluding hydrogens is 310 g/mol. The Kier molecular flexibility index (Phi) is 5.06. The van der Waals surface area contributed by atoms with Gasteiger partial charge >= 0.3 is 0 Å². The Morgan fingerprint density at radius 3 is 2.71 bits per heavy atom. The van der Waals surface area contributed by atoms with Gasteiger partial charge in [-0.25, -0.2) is 8.42 Å². The molecule has 0 radical (unpaired) electrons. The van der Waals surface area contributed by atoms with Crippen molar-refractivity contribution in [1.29, 1.82) is 0 Å². The number of hydrogen-bond acceptors (Lipinski definition) is 3. The van der Waals surface area contributed by atoms with Crippen molar-refractivity contribution in [3.63, 3.8) is 0 Å². The summed E-state index contributed by atoms with van der Waals surface area (Å²) in [6.45, 7) is 2.28. The lowest BCUT2D eigenvalue weighted by atomic mass is 10.1. The fraction of sp³-hybridized carbons (Fsp3) is 0.400. The topological polar surface area (TPSA) is 63.2 Å². The van der Waals surface area contributed by atoms with E-state index >= 15 is 0 Å². The molecule has 114 valence electrons. The molecule has 0 saturated carbocycles. The fourth-order valence-electron chi connectivity index (χ4n) is 2.42. The summed E-state index contributed by atoms with van der Waals surface area (Å²) in [6.07, 6.45) is 6.49. The van der Waals surface area contributed by atoms with Crippen LogP contribution >= 0.6 is 10.7 Å². The van der Waals surface area contributed by atoms with E-state index in [4.69, 9.17) is 10.7 Å². The second kappa shape index (κ2) is 6.62. The van der Waals surface area contributed by atoms with Crippen LogP contribution in [0.3, 0.4) is 0 Å². The minimum atomic E-state index is -3.83. The molecule has 0 heterocycles. The molecule has 1 aliphatic rings. The van der Waals surface area contributed by atoms with E-state index in [0.717, 1.165) is 19.3 Å². The lowest BCUT2D eigenvalue weighted by Crippen LogP contribution is -2.25. The van der Waals surface area contributed by atoms with Crippen LogP contribution in [0.1, 0.15) is 41.6 Å². The number of carbonyl (C=O) groups is 1. The Morgan fingerprint density at radius 2 is 2.10 bits per heavy atom. The zero-order valence-electron chi connectivity index (χ0n) is 11.9. The van der Waals surface area contributed by atoms with E-state index in [-0.39, 0.29) is 10.8 Å². The largest absolute Gasteiger partial charge is 0.352 e. The number of benzene rings is 1. The van der Waals surface area contributed by atoms with Crippen LogP contribution in [-0.2, 0) is 9.05 Å². The van der Waals surface area contributed by atoms with Crippen molar-refractivity contribution in [3.05, 3.63) is 41.0 Å². The number of allylic oxidation sites excluding steroid dienone is 1. The second-order valence-corrected chi connectivity index (χ2v) is 7.80. The molecule has 1 N–H and O–H groups in total. The standard InChI is InChI=1S/C15H18ClNO3S/c1-11-8-13(10-14(9-11)21(16,19)20)15(18)17-7-6-12-4-2-3-5-12/h4,8-10H,2-3,5-7H2,1H3,(H,17,18). The Hall–Kier alpha value is -1.33. The van der Waals surface area contributed by atoms with Gasteiger partial charge in [-0.3, -0.25) is 4.79 Å². The molecular formula is C15H18ClNO3S. The summed E-state index contributed by atoms with van der Waals surface area (Å²) < 4.78 is 22.7. The lowest BCUT2D eigenvalue weighted by Gasteiger charge is -2.08. The third-order valence-electron chi connectivity index (χ3n) is 3.46. The predicted molar refractivity (Wildman–Crippen MR) is 83.1 cm³/mol. The van der Waals surface area contributed by atoms with E-state index in [1.54, 1.807) is 13.0 Å². The quantitative estimate of drug-likeness (QED) is 0.667. The summed E-state index contributed by atoms with van der Waals surface area (Å²) in [4.78, 5) is 12.0. The molecule has 0 fully saturated rings. The molecule has 0 unspecified atom stereocenters. The number of nitrogens with one attached hydrogen (secondary N) is 1. The van der Waals surface area contributed by atoms with Crippen LogP contribution in [0.5, 0.6) is 0 Å². The summed E-state index contributed by atoms with van der Waals surface area (Å²) in [5.41, 5.74) is 2.37. The molecule has 0 aliphatic heterocycles. The van der Waals surface area contributed by atoms with Gasteiger partial charge in [0.15, 0.2) is 0 Å². The third-order valence-corrected chi connectivity index (χ3v) is 4.79. The van der Waals surface area contributed by atoms with Crippen molar-refractivity contribution >= 4 is 25.6 Å². The van der Waals surface area contributed by atoms with Gasteiger partial charge in [0.2, 0.25) is 0 Å². The zero-order chi connectivity index (χ0) is 15.5. The first kappa shape index (κ1) is 16.0. The molecule has 0 atom stereocenters. The molecule has 6 heteroatoms. The van der Waals surface area contributed by atoms with Crippen LogP contribution in [0, 0.1) is 6.92 Å². The van der Waals surface area contributed by atoms with Gasteiger partial charge in [-0.2, -0.15) is 0 Å². The van der Waals surface area contributed by atoms with Gasteiger partial charge in [0.05, 0.1) is 4.90 Å². The monoisotopic (exact) mass is 327 g/mol. The van der Waals surface area contributed by atoms with Crippen molar-refractivity contribution in [1.82, 2.24) is 5.32 Å². The average Bonchev–Trinajstić information content (AvgIpc) is 2.90. The van der Waals surface area contributed by atoms with Crippen LogP contribution in [0.2, 0.25) is 0 Å². The minimum absolute atomic E-state index is 0.0483. The summed E-state index contributed by atoms with van der Waals surface area (Å²) in [5.74, 6) is -0.279. The van der Waals surface area contributed by atoms with Gasteiger partial charge in [-0.1, -0.05) is 11.6 Å². The van der Waals surface area contributed by atoms with Crippen LogP contribution in [0.25, 0.3) is 0 Å². The van der Waals surface area contributed by atoms with Gasteiger partial charge < -0.3 is 5.32 Å². The first-order valence-corrected chi connectivity index (χ1v) is 9.19. The maximum Gasteiger partial charge on any atom is 0.261 e. The Balaban J connectivity index is 2.03. The SMILES string of the molecule is Cc1cc(C(=O)NCCC2=CCCC2)cc(S(=O)(=O)Cl)c1. The highest BCUT2D eigenvalue weighted by Crippen LogP contribution is 2.20. The molecule has 0 spiro atoms. The van der Waals surface area contributed by atoms with E-state index in [1.165, 1.54) is 24.1 Å². The number of aryl methyl sites for hydroxylation is 1. The third kappa shape index (κ3) is 4.58. The molecule has 21 heavy (non-hydrogen) atoms. The molecule has 2 rings (SSSR count). The normalized spacial score (nSPS) is 14.9. The Morgan fingerprint density at radius 1 is 1.33 bits per heavy atom. The van der Waals surface area contributed by atoms with Crippen LogP contribution in [0.15, 0.2) is 34.7 Å². The summed E-state index contributed by atoms with van der Waals surface area (Å²) in [5, 5.41) is 2.81. The van der Waals surface area contributed by atoms with Crippen LogP contribution in [-0.4, -0.2) is 20.9 Å². The van der Waals surface area contributed by atoms with Gasteiger partial charge in [-0.15, -0.1) is 0 Å². The Labute approximate surface area is 129 Å². The fourth-order valence-corrected chi connectivity index (χ4v) is 3.28. The highest BCUT2D eigenvalue weighted by atomic mass is 35.7. The maximum atomic E-state index is 12.1. The molecule has 1 amide bonds. The van der Waals surface area contributed by atoms with Crippen molar-refractivity contribution in [2.24, 2.45) is 0 Å². The molecule has 0 saturated heterocycles.